The van der Waals surface area contributed by atoms with Crippen molar-refractivity contribution >= 4 is 6.21 Å². The molecule has 0 spiro atoms. The minimum Gasteiger partial charge on any atom is -0.281 e. The molecule has 3 heteroatoms. The number of rotatable bonds is 2. The first-order valence-corrected chi connectivity index (χ1v) is 2.14. The Balaban J connectivity index is 3.14. The number of hydrogen-bond acceptors (Lipinski definition) is 3. The fraction of sp³-hybridized carbons (Fsp3) is 0.400. The summed E-state index contributed by atoms with van der Waals surface area (Å²) in [5.41, 5.74) is 0. The summed E-state index contributed by atoms with van der Waals surface area (Å²) in [4.78, 5) is 3.57. The molecule has 0 heterocycles. The molecule has 0 rings (SSSR count). The highest BCUT2D eigenvalue weighted by atomic mass is 14.7. The van der Waals surface area contributed by atoms with E-state index >= 15 is 0 Å². The minimum atomic E-state index is 0.154. The van der Waals surface area contributed by atoms with Crippen LogP contribution in [0.1, 0.15) is 6.42 Å². The molecule has 0 aliphatic carbocycles. The van der Waals surface area contributed by atoms with Gasteiger partial charge in [-0.1, -0.05) is 0 Å². The summed E-state index contributed by atoms with van der Waals surface area (Å²) in [6, 6.07) is 3.69. The predicted molar refractivity (Wildman–Crippen MR) is 29.2 cm³/mol. The zero-order valence-corrected chi connectivity index (χ0v) is 4.33. The molecule has 0 radical (unpaired) electrons. The van der Waals surface area contributed by atoms with E-state index in [1.54, 1.807) is 0 Å². The quantitative estimate of drug-likeness (QED) is 0.381. The Morgan fingerprint density at radius 3 is 2.62 bits per heavy atom. The van der Waals surface area contributed by atoms with Gasteiger partial charge in [-0.2, -0.15) is 10.5 Å². The molecule has 40 valence electrons. The van der Waals surface area contributed by atoms with Gasteiger partial charge in [0.25, 0.3) is 0 Å². The first-order valence-electron chi connectivity index (χ1n) is 2.14. The SMILES string of the molecule is N#CCC=NCC#N. The summed E-state index contributed by atoms with van der Waals surface area (Å²) in [6.45, 7) is 0.154. The van der Waals surface area contributed by atoms with Crippen molar-refractivity contribution < 1.29 is 0 Å². The molecule has 0 aliphatic heterocycles. The van der Waals surface area contributed by atoms with Gasteiger partial charge < -0.3 is 0 Å². The molecule has 0 aromatic heterocycles. The van der Waals surface area contributed by atoms with Crippen LogP contribution in [0.3, 0.4) is 0 Å². The highest BCUT2D eigenvalue weighted by Crippen LogP contribution is 1.68. The van der Waals surface area contributed by atoms with Crippen LogP contribution in [0.4, 0.5) is 0 Å². The van der Waals surface area contributed by atoms with E-state index in [2.05, 4.69) is 4.99 Å². The van der Waals surface area contributed by atoms with Gasteiger partial charge in [-0.25, -0.2) is 0 Å². The highest BCUT2D eigenvalue weighted by Gasteiger charge is 1.70. The normalized spacial score (nSPS) is 8.25. The maximum Gasteiger partial charge on any atom is 0.125 e. The van der Waals surface area contributed by atoms with Gasteiger partial charge in [-0.05, 0) is 0 Å². The number of aliphatic imine (C=N–C) groups is 1. The van der Waals surface area contributed by atoms with E-state index in [-0.39, 0.29) is 6.54 Å². The Labute approximate surface area is 47.9 Å². The topological polar surface area (TPSA) is 59.9 Å². The molecule has 8 heavy (non-hydrogen) atoms. The van der Waals surface area contributed by atoms with Gasteiger partial charge in [0.05, 0.1) is 18.6 Å². The molecule has 0 bridgehead atoms. The van der Waals surface area contributed by atoms with Crippen LogP contribution in [0.5, 0.6) is 0 Å². The maximum atomic E-state index is 7.94. The van der Waals surface area contributed by atoms with Gasteiger partial charge in [0.2, 0.25) is 0 Å². The lowest BCUT2D eigenvalue weighted by Crippen LogP contribution is -1.73. The molecule has 0 N–H and O–H groups in total. The van der Waals surface area contributed by atoms with Crippen LogP contribution < -0.4 is 0 Å². The monoisotopic (exact) mass is 107 g/mol. The molecule has 0 atom stereocenters. The summed E-state index contributed by atoms with van der Waals surface area (Å²) in [6.07, 6.45) is 1.73. The van der Waals surface area contributed by atoms with Crippen LogP contribution in [0.2, 0.25) is 0 Å². The number of hydrogen-bond donors (Lipinski definition) is 0. The van der Waals surface area contributed by atoms with Crippen molar-refractivity contribution in [2.45, 2.75) is 6.42 Å². The van der Waals surface area contributed by atoms with Crippen molar-refractivity contribution in [2.24, 2.45) is 4.99 Å². The summed E-state index contributed by atoms with van der Waals surface area (Å²) in [5, 5.41) is 15.9. The first-order chi connectivity index (χ1) is 3.91. The van der Waals surface area contributed by atoms with Crippen LogP contribution in [0.15, 0.2) is 4.99 Å². The second kappa shape index (κ2) is 5.65. The van der Waals surface area contributed by atoms with Crippen molar-refractivity contribution in [3.8, 4) is 12.1 Å². The molecule has 0 saturated carbocycles. The van der Waals surface area contributed by atoms with Crippen molar-refractivity contribution in [3.05, 3.63) is 0 Å². The van der Waals surface area contributed by atoms with Crippen LogP contribution in [0, 0.1) is 22.7 Å². The Hall–Kier alpha value is -1.35. The summed E-state index contributed by atoms with van der Waals surface area (Å²) < 4.78 is 0. The van der Waals surface area contributed by atoms with E-state index in [1.807, 2.05) is 12.1 Å². The van der Waals surface area contributed by atoms with Crippen LogP contribution in [-0.4, -0.2) is 12.8 Å². The van der Waals surface area contributed by atoms with E-state index in [0.717, 1.165) is 0 Å². The fourth-order valence-electron chi connectivity index (χ4n) is 0.211. The number of nitriles is 2. The van der Waals surface area contributed by atoms with Crippen molar-refractivity contribution in [2.75, 3.05) is 6.54 Å². The van der Waals surface area contributed by atoms with E-state index < -0.39 is 0 Å². The van der Waals surface area contributed by atoms with Crippen LogP contribution in [-0.2, 0) is 0 Å². The molecular weight excluding hydrogens is 102 g/mol. The smallest absolute Gasteiger partial charge is 0.125 e. The van der Waals surface area contributed by atoms with E-state index in [9.17, 15) is 0 Å². The second-order valence-electron chi connectivity index (χ2n) is 1.04. The highest BCUT2D eigenvalue weighted by molar-refractivity contribution is 5.60. The Bertz CT molecular complexity index is 128. The van der Waals surface area contributed by atoms with Gasteiger partial charge in [-0.15, -0.1) is 0 Å². The molecule has 0 fully saturated rings. The Morgan fingerprint density at radius 1 is 1.38 bits per heavy atom. The molecule has 0 saturated heterocycles. The van der Waals surface area contributed by atoms with Crippen molar-refractivity contribution in [1.82, 2.24) is 0 Å². The molecular formula is C5H5N3. The van der Waals surface area contributed by atoms with Crippen molar-refractivity contribution in [3.63, 3.8) is 0 Å². The van der Waals surface area contributed by atoms with Crippen LogP contribution >= 0.6 is 0 Å². The fourth-order valence-corrected chi connectivity index (χ4v) is 0.211. The number of nitrogens with zero attached hydrogens (tertiary/aromatic N) is 3. The first kappa shape index (κ1) is 6.65. The molecule has 3 nitrogen and oxygen atoms in total. The second-order valence-corrected chi connectivity index (χ2v) is 1.04. The van der Waals surface area contributed by atoms with Gasteiger partial charge in [0.15, 0.2) is 0 Å². The third-order valence-electron chi connectivity index (χ3n) is 0.474. The Morgan fingerprint density at radius 2 is 2.12 bits per heavy atom. The molecule has 0 aromatic rings. The van der Waals surface area contributed by atoms with Gasteiger partial charge in [0.1, 0.15) is 6.54 Å². The average Bonchev–Trinajstić information content (AvgIpc) is 1.81. The average molecular weight is 107 g/mol. The lowest BCUT2D eigenvalue weighted by Gasteiger charge is -1.71. The Kier molecular flexibility index (Phi) is 4.70. The molecule has 0 amide bonds. The van der Waals surface area contributed by atoms with E-state index in [4.69, 9.17) is 10.5 Å². The third kappa shape index (κ3) is 4.65. The lowest BCUT2D eigenvalue weighted by atomic mass is 10.5. The predicted octanol–water partition coefficient (Wildman–Crippen LogP) is 0.494. The zero-order chi connectivity index (χ0) is 6.24. The minimum absolute atomic E-state index is 0.154. The van der Waals surface area contributed by atoms with Gasteiger partial charge in [0, 0.05) is 6.21 Å². The summed E-state index contributed by atoms with van der Waals surface area (Å²) >= 11 is 0. The maximum absolute atomic E-state index is 7.94. The van der Waals surface area contributed by atoms with Gasteiger partial charge >= 0.3 is 0 Å². The standard InChI is InChI=1S/C5H5N3/c6-2-1-4-8-5-3-7/h4H,1,5H2. The molecule has 0 unspecified atom stereocenters. The summed E-state index contributed by atoms with van der Waals surface area (Å²) in [5.74, 6) is 0. The van der Waals surface area contributed by atoms with E-state index in [1.165, 1.54) is 6.21 Å². The van der Waals surface area contributed by atoms with Gasteiger partial charge in [-0.3, -0.25) is 4.99 Å². The molecule has 0 aromatic carbocycles. The van der Waals surface area contributed by atoms with Crippen LogP contribution in [0.25, 0.3) is 0 Å². The van der Waals surface area contributed by atoms with Crippen molar-refractivity contribution in [1.29, 1.82) is 10.5 Å². The molecule has 0 aliphatic rings. The largest absolute Gasteiger partial charge is 0.281 e. The zero-order valence-electron chi connectivity index (χ0n) is 4.33. The summed E-state index contributed by atoms with van der Waals surface area (Å²) in [7, 11) is 0. The van der Waals surface area contributed by atoms with E-state index in [0.29, 0.717) is 6.42 Å². The third-order valence-corrected chi connectivity index (χ3v) is 0.474. The lowest BCUT2D eigenvalue weighted by molar-refractivity contribution is 1.24.